The molecule has 0 saturated carbocycles. The molecule has 2 N–H and O–H groups in total. The summed E-state index contributed by atoms with van der Waals surface area (Å²) in [7, 11) is 0. The number of benzene rings is 5. The molecule has 40 heavy (non-hydrogen) atoms. The summed E-state index contributed by atoms with van der Waals surface area (Å²) < 4.78 is 0. The van der Waals surface area contributed by atoms with Crippen LogP contribution in [0.1, 0.15) is 29.0 Å². The third-order valence-corrected chi connectivity index (χ3v) is 8.54. The van der Waals surface area contributed by atoms with Crippen LogP contribution in [0.4, 0.5) is 11.4 Å². The van der Waals surface area contributed by atoms with E-state index in [1.807, 2.05) is 0 Å². The third-order valence-electron chi connectivity index (χ3n) is 8.54. The lowest BCUT2D eigenvalue weighted by atomic mass is 9.80. The van der Waals surface area contributed by atoms with Crippen molar-refractivity contribution < 1.29 is 0 Å². The first-order chi connectivity index (χ1) is 19.8. The molecule has 0 radical (unpaired) electrons. The molecule has 3 heterocycles. The summed E-state index contributed by atoms with van der Waals surface area (Å²) in [5.41, 5.74) is 12.4. The van der Waals surface area contributed by atoms with Gasteiger partial charge in [-0.25, -0.2) is 0 Å². The molecule has 0 bridgehead atoms. The standard InChI is InChI=1S/C37H29N3/c1-2-9-24(10-3-1)26-17-19-30-32-23-39-33-16-7-6-14-31(33)36(32)37(40-35(30)21-26)34-20-18-27(22-38-34)29-15-8-12-25-11-4-5-13-28(25)29/h1-17,19-22,27,37,39-40H,18,23H2. The molecule has 2 unspecified atom stereocenters. The van der Waals surface area contributed by atoms with E-state index < -0.39 is 0 Å². The first-order valence-corrected chi connectivity index (χ1v) is 14.1. The fourth-order valence-electron chi connectivity index (χ4n) is 6.58. The highest BCUT2D eigenvalue weighted by Gasteiger charge is 2.34. The Kier molecular flexibility index (Phi) is 5.41. The average molecular weight is 516 g/mol. The van der Waals surface area contributed by atoms with E-state index >= 15 is 0 Å². The summed E-state index contributed by atoms with van der Waals surface area (Å²) in [6, 6.07) is 41.3. The van der Waals surface area contributed by atoms with Gasteiger partial charge >= 0.3 is 0 Å². The van der Waals surface area contributed by atoms with E-state index in [2.05, 4.69) is 138 Å². The van der Waals surface area contributed by atoms with Gasteiger partial charge in [0.05, 0.1) is 11.7 Å². The second kappa shape index (κ2) is 9.39. The lowest BCUT2D eigenvalue weighted by Crippen LogP contribution is -2.32. The first-order valence-electron chi connectivity index (χ1n) is 14.1. The maximum Gasteiger partial charge on any atom is 0.0946 e. The number of allylic oxidation sites excluding steroid dienone is 1. The van der Waals surface area contributed by atoms with Gasteiger partial charge in [0.2, 0.25) is 0 Å². The largest absolute Gasteiger partial charge is 0.380 e. The van der Waals surface area contributed by atoms with E-state index in [0.29, 0.717) is 0 Å². The molecule has 0 aromatic heterocycles. The van der Waals surface area contributed by atoms with Crippen LogP contribution >= 0.6 is 0 Å². The Morgan fingerprint density at radius 1 is 0.675 bits per heavy atom. The lowest BCUT2D eigenvalue weighted by Gasteiger charge is -2.37. The second-order valence-corrected chi connectivity index (χ2v) is 10.8. The molecule has 3 aliphatic rings. The van der Waals surface area contributed by atoms with Crippen molar-refractivity contribution in [1.82, 2.24) is 0 Å². The minimum absolute atomic E-state index is 0.0125. The van der Waals surface area contributed by atoms with Crippen molar-refractivity contribution in [3.05, 3.63) is 144 Å². The van der Waals surface area contributed by atoms with Crippen molar-refractivity contribution in [2.45, 2.75) is 18.4 Å². The molecule has 8 rings (SSSR count). The highest BCUT2D eigenvalue weighted by Crippen LogP contribution is 2.47. The smallest absolute Gasteiger partial charge is 0.0946 e. The van der Waals surface area contributed by atoms with E-state index in [1.54, 1.807) is 0 Å². The third kappa shape index (κ3) is 3.77. The van der Waals surface area contributed by atoms with Gasteiger partial charge in [-0.3, -0.25) is 4.99 Å². The summed E-state index contributed by atoms with van der Waals surface area (Å²) in [4.78, 5) is 5.15. The number of anilines is 2. The fourth-order valence-corrected chi connectivity index (χ4v) is 6.58. The van der Waals surface area contributed by atoms with Gasteiger partial charge in [0.1, 0.15) is 0 Å². The van der Waals surface area contributed by atoms with Crippen molar-refractivity contribution in [2.24, 2.45) is 4.99 Å². The molecule has 3 nitrogen and oxygen atoms in total. The van der Waals surface area contributed by atoms with E-state index in [-0.39, 0.29) is 12.0 Å². The Morgan fingerprint density at radius 2 is 1.50 bits per heavy atom. The molecule has 0 saturated heterocycles. The number of nitrogens with zero attached hydrogens (tertiary/aromatic N) is 1. The molecule has 3 heteroatoms. The Balaban J connectivity index is 1.21. The van der Waals surface area contributed by atoms with Gasteiger partial charge in [0.15, 0.2) is 0 Å². The summed E-state index contributed by atoms with van der Waals surface area (Å²) in [6.07, 6.45) is 5.46. The minimum Gasteiger partial charge on any atom is -0.380 e. The normalized spacial score (nSPS) is 19.1. The van der Waals surface area contributed by atoms with Crippen LogP contribution in [0.5, 0.6) is 0 Å². The number of para-hydroxylation sites is 1. The van der Waals surface area contributed by atoms with Crippen molar-refractivity contribution in [2.75, 3.05) is 17.2 Å². The highest BCUT2D eigenvalue weighted by atomic mass is 15.0. The molecule has 5 aromatic rings. The zero-order valence-corrected chi connectivity index (χ0v) is 22.1. The minimum atomic E-state index is -0.0125. The fraction of sp³-hybridized carbons (Fsp3) is 0.108. The van der Waals surface area contributed by atoms with E-state index in [4.69, 9.17) is 4.99 Å². The topological polar surface area (TPSA) is 36.4 Å². The van der Waals surface area contributed by atoms with Gasteiger partial charge < -0.3 is 10.6 Å². The molecule has 2 atom stereocenters. The van der Waals surface area contributed by atoms with Crippen LogP contribution < -0.4 is 10.6 Å². The predicted octanol–water partition coefficient (Wildman–Crippen LogP) is 8.78. The van der Waals surface area contributed by atoms with Gasteiger partial charge in [-0.2, -0.15) is 0 Å². The van der Waals surface area contributed by atoms with Crippen molar-refractivity contribution >= 4 is 39.5 Å². The zero-order chi connectivity index (χ0) is 26.5. The second-order valence-electron chi connectivity index (χ2n) is 10.8. The number of hydrogen-bond acceptors (Lipinski definition) is 3. The van der Waals surface area contributed by atoms with Crippen LogP contribution in [0.2, 0.25) is 0 Å². The van der Waals surface area contributed by atoms with Crippen LogP contribution in [-0.2, 0) is 0 Å². The summed E-state index contributed by atoms with van der Waals surface area (Å²) >= 11 is 0. The summed E-state index contributed by atoms with van der Waals surface area (Å²) in [5, 5.41) is 10.2. The SMILES string of the molecule is C1=NC(C2Nc3cc(-c4ccccc4)ccc3C3=C2c2ccccc2NC3)=CCC1c1cccc2ccccc12. The molecule has 0 fully saturated rings. The van der Waals surface area contributed by atoms with Gasteiger partial charge in [0, 0.05) is 41.2 Å². The van der Waals surface area contributed by atoms with Crippen LogP contribution in [0.3, 0.4) is 0 Å². The molecule has 0 amide bonds. The quantitative estimate of drug-likeness (QED) is 0.252. The average Bonchev–Trinajstić information content (AvgIpc) is 3.04. The number of rotatable bonds is 3. The van der Waals surface area contributed by atoms with Crippen LogP contribution in [-0.4, -0.2) is 18.8 Å². The summed E-state index contributed by atoms with van der Waals surface area (Å²) in [5.74, 6) is 0.268. The van der Waals surface area contributed by atoms with E-state index in [9.17, 15) is 0 Å². The van der Waals surface area contributed by atoms with Gasteiger partial charge in [-0.05, 0) is 57.2 Å². The monoisotopic (exact) mass is 515 g/mol. The number of hydrogen-bond donors (Lipinski definition) is 2. The van der Waals surface area contributed by atoms with Gasteiger partial charge in [-0.15, -0.1) is 0 Å². The van der Waals surface area contributed by atoms with E-state index in [1.165, 1.54) is 61.1 Å². The van der Waals surface area contributed by atoms with Crippen molar-refractivity contribution in [3.8, 4) is 11.1 Å². The molecule has 0 aliphatic carbocycles. The van der Waals surface area contributed by atoms with Crippen LogP contribution in [0.25, 0.3) is 33.0 Å². The molecule has 3 aliphatic heterocycles. The Hall–Kier alpha value is -4.89. The maximum atomic E-state index is 5.15. The van der Waals surface area contributed by atoms with E-state index in [0.717, 1.165) is 18.7 Å². The Morgan fingerprint density at radius 3 is 2.40 bits per heavy atom. The highest BCUT2D eigenvalue weighted by molar-refractivity contribution is 6.07. The van der Waals surface area contributed by atoms with Gasteiger partial charge in [-0.1, -0.05) is 109 Å². The molecular weight excluding hydrogens is 486 g/mol. The van der Waals surface area contributed by atoms with Crippen molar-refractivity contribution in [3.63, 3.8) is 0 Å². The molecule has 192 valence electrons. The van der Waals surface area contributed by atoms with Crippen molar-refractivity contribution in [1.29, 1.82) is 0 Å². The zero-order valence-electron chi connectivity index (χ0n) is 22.1. The number of nitrogens with one attached hydrogen (secondary N) is 2. The number of aliphatic imine (C=N–C) groups is 1. The Labute approximate surface area is 234 Å². The molecule has 0 spiro atoms. The van der Waals surface area contributed by atoms with Crippen LogP contribution in [0.15, 0.2) is 132 Å². The lowest BCUT2D eigenvalue weighted by molar-refractivity contribution is 0.867. The predicted molar refractivity (Wildman–Crippen MR) is 169 cm³/mol. The Bertz CT molecular complexity index is 1860. The molecular formula is C37H29N3. The van der Waals surface area contributed by atoms with Gasteiger partial charge in [0.25, 0.3) is 0 Å². The number of fused-ring (bicyclic) bond motifs is 5. The maximum absolute atomic E-state index is 5.15. The molecule has 5 aromatic carbocycles. The first kappa shape index (κ1) is 23.0. The van der Waals surface area contributed by atoms with Crippen LogP contribution in [0, 0.1) is 0 Å². The summed E-state index contributed by atoms with van der Waals surface area (Å²) in [6.45, 7) is 0.803.